The predicted molar refractivity (Wildman–Crippen MR) is 148 cm³/mol. The van der Waals surface area contributed by atoms with Crippen LogP contribution >= 0.6 is 0 Å². The minimum atomic E-state index is -0.0699. The molecule has 0 aliphatic heterocycles. The van der Waals surface area contributed by atoms with E-state index in [4.69, 9.17) is 19.7 Å². The first-order chi connectivity index (χ1) is 18.2. The molecule has 166 valence electrons. The molecule has 5 nitrogen and oxygen atoms in total. The molecule has 7 aromatic rings. The third-order valence-corrected chi connectivity index (χ3v) is 7.22. The Kier molecular flexibility index (Phi) is 4.05. The summed E-state index contributed by atoms with van der Waals surface area (Å²) in [4.78, 5) is 11.0. The van der Waals surface area contributed by atoms with Crippen molar-refractivity contribution in [1.82, 2.24) is 4.40 Å². The van der Waals surface area contributed by atoms with E-state index in [0.717, 1.165) is 48.7 Å². The maximum Gasteiger partial charge on any atom is 0.203 e. The van der Waals surface area contributed by atoms with Crippen molar-refractivity contribution < 1.29 is 0 Å². The van der Waals surface area contributed by atoms with E-state index in [1.54, 1.807) is 0 Å². The lowest BCUT2D eigenvalue weighted by atomic mass is 9.90. The maximum atomic E-state index is 10.4. The molecule has 5 heteroatoms. The van der Waals surface area contributed by atoms with Gasteiger partial charge in [-0.2, -0.15) is 5.26 Å². The van der Waals surface area contributed by atoms with Gasteiger partial charge in [0.25, 0.3) is 0 Å². The SMILES string of the molecule is [C-]#[N+]c1c([N+]#[C-])c(C#N)c2c(c1[N+]#[C-])c1c3ccccc3c3ccccc3c1c1cc3ccccc3n12. The molecule has 0 radical (unpaired) electrons. The predicted octanol–water partition coefficient (Wildman–Crippen LogP) is 9.23. The van der Waals surface area contributed by atoms with Gasteiger partial charge < -0.3 is 4.40 Å². The highest BCUT2D eigenvalue weighted by atomic mass is 14.9. The lowest BCUT2D eigenvalue weighted by Crippen LogP contribution is -1.97. The molecular formula is C32H13N5. The molecule has 0 aliphatic rings. The monoisotopic (exact) mass is 467 g/mol. The molecule has 0 aliphatic carbocycles. The molecule has 0 saturated heterocycles. The summed E-state index contributed by atoms with van der Waals surface area (Å²) in [7, 11) is 0. The number of fused-ring (bicyclic) bond motifs is 13. The second-order valence-corrected chi connectivity index (χ2v) is 8.86. The van der Waals surface area contributed by atoms with Crippen molar-refractivity contribution in [2.45, 2.75) is 0 Å². The summed E-state index contributed by atoms with van der Waals surface area (Å²) in [5.74, 6) is 0. The van der Waals surface area contributed by atoms with Crippen LogP contribution < -0.4 is 0 Å². The van der Waals surface area contributed by atoms with E-state index in [0.29, 0.717) is 10.9 Å². The van der Waals surface area contributed by atoms with Gasteiger partial charge in [0.15, 0.2) is 5.69 Å². The fourth-order valence-corrected chi connectivity index (χ4v) is 5.83. The van der Waals surface area contributed by atoms with Crippen molar-refractivity contribution in [3.05, 3.63) is 119 Å². The van der Waals surface area contributed by atoms with Gasteiger partial charge in [0.2, 0.25) is 11.4 Å². The molecule has 37 heavy (non-hydrogen) atoms. The molecule has 5 aromatic carbocycles. The smallest absolute Gasteiger partial charge is 0.203 e. The maximum absolute atomic E-state index is 10.4. The molecule has 0 fully saturated rings. The van der Waals surface area contributed by atoms with Crippen molar-refractivity contribution in [1.29, 1.82) is 5.26 Å². The molecular weight excluding hydrogens is 454 g/mol. The lowest BCUT2D eigenvalue weighted by Gasteiger charge is -2.19. The van der Waals surface area contributed by atoms with Crippen molar-refractivity contribution in [2.75, 3.05) is 0 Å². The van der Waals surface area contributed by atoms with Gasteiger partial charge in [-0.1, -0.05) is 66.7 Å². The Balaban J connectivity index is 2.05. The fraction of sp³-hybridized carbons (Fsp3) is 0. The molecule has 7 rings (SSSR count). The number of pyridine rings is 1. The number of para-hydroxylation sites is 1. The minimum Gasteiger partial charge on any atom is -0.310 e. The first kappa shape index (κ1) is 20.5. The highest BCUT2D eigenvalue weighted by molar-refractivity contribution is 6.38. The largest absolute Gasteiger partial charge is 0.310 e. The normalized spacial score (nSPS) is 11.1. The number of rotatable bonds is 0. The van der Waals surface area contributed by atoms with Gasteiger partial charge in [0.1, 0.15) is 0 Å². The Morgan fingerprint density at radius 3 is 1.78 bits per heavy atom. The first-order valence-electron chi connectivity index (χ1n) is 11.5. The molecule has 0 atom stereocenters. The standard InChI is InChI=1S/C32H13N5/c1-34-29-23(17-33)32-28(30(35-2)31(29)36-3)27-22-14-8-6-12-20(22)19-11-5-7-13-21(19)26(27)25-16-18-10-4-9-15-24(18)37(25)32/h4-16H. The highest BCUT2D eigenvalue weighted by Crippen LogP contribution is 2.52. The zero-order chi connectivity index (χ0) is 25.3. The average Bonchev–Trinajstić information content (AvgIpc) is 3.34. The lowest BCUT2D eigenvalue weighted by molar-refractivity contribution is 1.34. The highest BCUT2D eigenvalue weighted by Gasteiger charge is 2.27. The van der Waals surface area contributed by atoms with Crippen LogP contribution in [0.4, 0.5) is 17.1 Å². The van der Waals surface area contributed by atoms with Crippen molar-refractivity contribution in [3.63, 3.8) is 0 Å². The minimum absolute atomic E-state index is 0.0663. The van der Waals surface area contributed by atoms with Gasteiger partial charge in [-0.15, -0.1) is 0 Å². The van der Waals surface area contributed by atoms with E-state index >= 15 is 0 Å². The van der Waals surface area contributed by atoms with E-state index in [-0.39, 0.29) is 22.6 Å². The van der Waals surface area contributed by atoms with Crippen LogP contribution in [-0.2, 0) is 0 Å². The summed E-state index contributed by atoms with van der Waals surface area (Å²) in [6.45, 7) is 23.8. The zero-order valence-corrected chi connectivity index (χ0v) is 19.2. The van der Waals surface area contributed by atoms with Crippen LogP contribution in [0.3, 0.4) is 0 Å². The molecule has 0 amide bonds. The van der Waals surface area contributed by atoms with E-state index in [2.05, 4.69) is 44.9 Å². The quantitative estimate of drug-likeness (QED) is 0.162. The number of hydrogen-bond acceptors (Lipinski definition) is 1. The summed E-state index contributed by atoms with van der Waals surface area (Å²) < 4.78 is 2.00. The van der Waals surface area contributed by atoms with Gasteiger partial charge in [-0.05, 0) is 39.1 Å². The number of benzene rings is 5. The summed E-state index contributed by atoms with van der Waals surface area (Å²) >= 11 is 0. The Morgan fingerprint density at radius 1 is 0.595 bits per heavy atom. The van der Waals surface area contributed by atoms with Crippen molar-refractivity contribution >= 4 is 76.7 Å². The van der Waals surface area contributed by atoms with Gasteiger partial charge >= 0.3 is 0 Å². The third kappa shape index (κ3) is 2.42. The van der Waals surface area contributed by atoms with Gasteiger partial charge in [0, 0.05) is 21.7 Å². The molecule has 0 N–H and O–H groups in total. The number of nitriles is 1. The fourth-order valence-electron chi connectivity index (χ4n) is 5.83. The molecule has 2 heterocycles. The van der Waals surface area contributed by atoms with E-state index < -0.39 is 0 Å². The summed E-state index contributed by atoms with van der Waals surface area (Å²) in [5.41, 5.74) is 2.36. The Hall–Kier alpha value is -5.88. The van der Waals surface area contributed by atoms with Crippen LogP contribution in [0.1, 0.15) is 5.56 Å². The van der Waals surface area contributed by atoms with Crippen molar-refractivity contribution in [2.24, 2.45) is 0 Å². The Bertz CT molecular complexity index is 2350. The summed E-state index contributed by atoms with van der Waals surface area (Å²) in [6.07, 6.45) is 0. The first-order valence-corrected chi connectivity index (χ1v) is 11.5. The van der Waals surface area contributed by atoms with Gasteiger partial charge in [0.05, 0.1) is 42.4 Å². The molecule has 0 spiro atoms. The van der Waals surface area contributed by atoms with Crippen LogP contribution in [0, 0.1) is 31.0 Å². The number of hydrogen-bond donors (Lipinski definition) is 0. The summed E-state index contributed by atoms with van der Waals surface area (Å²) in [6, 6.07) is 28.5. The molecule has 2 aromatic heterocycles. The van der Waals surface area contributed by atoms with Crippen LogP contribution in [0.2, 0.25) is 0 Å². The third-order valence-electron chi connectivity index (χ3n) is 7.22. The van der Waals surface area contributed by atoms with Crippen LogP contribution in [0.5, 0.6) is 0 Å². The average molecular weight is 467 g/mol. The van der Waals surface area contributed by atoms with E-state index in [9.17, 15) is 5.26 Å². The van der Waals surface area contributed by atoms with Crippen LogP contribution in [-0.4, -0.2) is 4.40 Å². The summed E-state index contributed by atoms with van der Waals surface area (Å²) in [5, 5.41) is 17.8. The van der Waals surface area contributed by atoms with Crippen LogP contribution in [0.15, 0.2) is 78.9 Å². The number of aromatic nitrogens is 1. The second-order valence-electron chi connectivity index (χ2n) is 8.86. The van der Waals surface area contributed by atoms with Crippen LogP contribution in [0.25, 0.3) is 74.2 Å². The van der Waals surface area contributed by atoms with Crippen molar-refractivity contribution in [3.8, 4) is 6.07 Å². The van der Waals surface area contributed by atoms with Gasteiger partial charge in [-0.3, -0.25) is 14.5 Å². The Morgan fingerprint density at radius 2 is 1.16 bits per heavy atom. The molecule has 0 bridgehead atoms. The van der Waals surface area contributed by atoms with E-state index in [1.165, 1.54) is 0 Å². The zero-order valence-electron chi connectivity index (χ0n) is 19.2. The Labute approximate surface area is 211 Å². The van der Waals surface area contributed by atoms with Gasteiger partial charge in [-0.25, -0.2) is 0 Å². The second kappa shape index (κ2) is 7.31. The number of nitrogens with zero attached hydrogens (tertiary/aromatic N) is 5. The topological polar surface area (TPSA) is 41.3 Å². The van der Waals surface area contributed by atoms with E-state index in [1.807, 2.05) is 59.0 Å². The molecule has 0 saturated carbocycles. The molecule has 0 unspecified atom stereocenters.